The van der Waals surface area contributed by atoms with Gasteiger partial charge in [-0.15, -0.1) is 0 Å². The maximum atomic E-state index is 11.4. The van der Waals surface area contributed by atoms with Crippen molar-refractivity contribution in [1.29, 1.82) is 5.26 Å². The highest BCUT2D eigenvalue weighted by Gasteiger charge is 2.21. The maximum Gasteiger partial charge on any atom is 0.121 e. The number of benzene rings is 2. The number of hydrogen-bond donors (Lipinski definition) is 1. The Morgan fingerprint density at radius 3 is 2.48 bits per heavy atom. The van der Waals surface area contributed by atoms with Crippen molar-refractivity contribution < 1.29 is 8.95 Å². The van der Waals surface area contributed by atoms with Gasteiger partial charge in [-0.3, -0.25) is 0 Å². The minimum absolute atomic E-state index is 0.169. The first-order valence-electron chi connectivity index (χ1n) is 8.87. The van der Waals surface area contributed by atoms with Gasteiger partial charge in [-0.25, -0.2) is 4.21 Å². The van der Waals surface area contributed by atoms with Gasteiger partial charge in [0.15, 0.2) is 0 Å². The van der Waals surface area contributed by atoms with Crippen molar-refractivity contribution in [2.24, 2.45) is 0 Å². The van der Waals surface area contributed by atoms with E-state index >= 15 is 0 Å². The fraction of sp³-hybridized carbons (Fsp3) is 0.286. The van der Waals surface area contributed by atoms with Gasteiger partial charge < -0.3 is 14.0 Å². The molecule has 1 heterocycles. The molecule has 0 fully saturated rings. The fourth-order valence-corrected chi connectivity index (χ4v) is 3.81. The van der Waals surface area contributed by atoms with Gasteiger partial charge in [-0.1, -0.05) is 12.1 Å². The first kappa shape index (κ1) is 19.0. The molecule has 2 aromatic carbocycles. The number of nitrogens with zero attached hydrogens (tertiary/aromatic N) is 2. The molecule has 0 aliphatic carbocycles. The van der Waals surface area contributed by atoms with Crippen LogP contribution in [0, 0.1) is 11.3 Å². The number of nitrogens with one attached hydrogen (secondary N) is 1. The lowest BCUT2D eigenvalue weighted by Crippen LogP contribution is -2.04. The van der Waals surface area contributed by atoms with Gasteiger partial charge >= 0.3 is 0 Å². The Morgan fingerprint density at radius 1 is 1.22 bits per heavy atom. The van der Waals surface area contributed by atoms with Crippen LogP contribution in [0.3, 0.4) is 0 Å². The zero-order chi connectivity index (χ0) is 19.6. The monoisotopic (exact) mass is 381 g/mol. The van der Waals surface area contributed by atoms with Crippen LogP contribution in [0.25, 0.3) is 22.2 Å². The molecule has 0 bridgehead atoms. The SMILES string of the molecule is CCOc1ccc2c(C#N)c(-c3ccc(NS(C)=O)cc3)n(C(C)C)c2c1. The summed E-state index contributed by atoms with van der Waals surface area (Å²) >= 11 is 0. The van der Waals surface area contributed by atoms with E-state index in [9.17, 15) is 9.47 Å². The van der Waals surface area contributed by atoms with E-state index in [2.05, 4.69) is 29.2 Å². The van der Waals surface area contributed by atoms with Crippen LogP contribution in [0.15, 0.2) is 42.5 Å². The number of nitriles is 1. The second-order valence-corrected chi connectivity index (χ2v) is 7.66. The van der Waals surface area contributed by atoms with Crippen LogP contribution in [0.4, 0.5) is 5.69 Å². The highest BCUT2D eigenvalue weighted by molar-refractivity contribution is 7.85. The van der Waals surface area contributed by atoms with E-state index in [1.165, 1.54) is 0 Å². The Balaban J connectivity index is 2.23. The fourth-order valence-electron chi connectivity index (χ4n) is 3.34. The van der Waals surface area contributed by atoms with Gasteiger partial charge in [0.2, 0.25) is 0 Å². The van der Waals surface area contributed by atoms with Gasteiger partial charge in [-0.05, 0) is 50.6 Å². The molecule has 0 aliphatic heterocycles. The molecule has 5 nitrogen and oxygen atoms in total. The average Bonchev–Trinajstić information content (AvgIpc) is 2.96. The van der Waals surface area contributed by atoms with E-state index in [0.29, 0.717) is 12.2 Å². The molecule has 3 aromatic rings. The number of hydrogen-bond acceptors (Lipinski definition) is 3. The minimum atomic E-state index is -1.12. The summed E-state index contributed by atoms with van der Waals surface area (Å²) in [6.07, 6.45) is 1.59. The lowest BCUT2D eigenvalue weighted by molar-refractivity contribution is 0.340. The minimum Gasteiger partial charge on any atom is -0.494 e. The number of ether oxygens (including phenoxy) is 1. The van der Waals surface area contributed by atoms with E-state index in [0.717, 1.165) is 33.6 Å². The molecule has 1 unspecified atom stereocenters. The summed E-state index contributed by atoms with van der Waals surface area (Å²) in [6, 6.07) is 16.1. The summed E-state index contributed by atoms with van der Waals surface area (Å²) in [5.74, 6) is 0.797. The van der Waals surface area contributed by atoms with Crippen molar-refractivity contribution in [1.82, 2.24) is 4.57 Å². The van der Waals surface area contributed by atoms with Crippen molar-refractivity contribution in [2.45, 2.75) is 26.8 Å². The molecule has 0 spiro atoms. The number of anilines is 1. The number of rotatable bonds is 6. The van der Waals surface area contributed by atoms with E-state index in [4.69, 9.17) is 4.74 Å². The van der Waals surface area contributed by atoms with Crippen LogP contribution in [0.2, 0.25) is 0 Å². The highest BCUT2D eigenvalue weighted by Crippen LogP contribution is 2.37. The molecule has 0 radical (unpaired) electrons. The zero-order valence-electron chi connectivity index (χ0n) is 15.9. The van der Waals surface area contributed by atoms with Gasteiger partial charge in [0, 0.05) is 29.4 Å². The van der Waals surface area contributed by atoms with E-state index < -0.39 is 11.0 Å². The molecule has 0 saturated carbocycles. The van der Waals surface area contributed by atoms with Crippen molar-refractivity contribution in [3.8, 4) is 23.1 Å². The first-order chi connectivity index (χ1) is 13.0. The first-order valence-corrected chi connectivity index (χ1v) is 10.4. The van der Waals surface area contributed by atoms with Gasteiger partial charge in [0.25, 0.3) is 0 Å². The highest BCUT2D eigenvalue weighted by atomic mass is 32.2. The molecule has 140 valence electrons. The van der Waals surface area contributed by atoms with Crippen LogP contribution < -0.4 is 9.46 Å². The predicted octanol–water partition coefficient (Wildman–Crippen LogP) is 4.86. The molecule has 1 atom stereocenters. The molecule has 3 rings (SSSR count). The standard InChI is InChI=1S/C21H23N3O2S/c1-5-26-17-10-11-18-19(13-22)21(24(14(2)3)20(18)12-17)15-6-8-16(9-7-15)23-27(4)25/h6-12,14,23H,5H2,1-4H3. The summed E-state index contributed by atoms with van der Waals surface area (Å²) in [5.41, 5.74) is 4.26. The second-order valence-electron chi connectivity index (χ2n) is 6.54. The maximum absolute atomic E-state index is 11.4. The van der Waals surface area contributed by atoms with Crippen LogP contribution in [0.5, 0.6) is 5.75 Å². The Morgan fingerprint density at radius 2 is 1.93 bits per heavy atom. The van der Waals surface area contributed by atoms with Crippen molar-refractivity contribution in [3.63, 3.8) is 0 Å². The molecular formula is C21H23N3O2S. The number of aromatic nitrogens is 1. The normalized spacial score (nSPS) is 12.1. The largest absolute Gasteiger partial charge is 0.494 e. The molecule has 0 saturated heterocycles. The number of fused-ring (bicyclic) bond motifs is 1. The summed E-state index contributed by atoms with van der Waals surface area (Å²) in [6.45, 7) is 6.76. The van der Waals surface area contributed by atoms with E-state index in [-0.39, 0.29) is 6.04 Å². The molecular weight excluding hydrogens is 358 g/mol. The third-order valence-electron chi connectivity index (χ3n) is 4.33. The van der Waals surface area contributed by atoms with Gasteiger partial charge in [0.05, 0.1) is 23.4 Å². The van der Waals surface area contributed by atoms with Crippen molar-refractivity contribution >= 4 is 27.6 Å². The van der Waals surface area contributed by atoms with E-state index in [1.807, 2.05) is 49.4 Å². The van der Waals surface area contributed by atoms with Crippen molar-refractivity contribution in [3.05, 3.63) is 48.0 Å². The Bertz CT molecular complexity index is 1030. The Hall–Kier alpha value is -2.78. The smallest absolute Gasteiger partial charge is 0.121 e. The molecule has 1 aromatic heterocycles. The molecule has 6 heteroatoms. The lowest BCUT2D eigenvalue weighted by atomic mass is 10.1. The second kappa shape index (κ2) is 7.85. The third kappa shape index (κ3) is 3.69. The summed E-state index contributed by atoms with van der Waals surface area (Å²) < 4.78 is 22.1. The average molecular weight is 382 g/mol. The quantitative estimate of drug-likeness (QED) is 0.663. The van der Waals surface area contributed by atoms with Gasteiger partial charge in [0.1, 0.15) is 22.8 Å². The predicted molar refractivity (Wildman–Crippen MR) is 111 cm³/mol. The van der Waals surface area contributed by atoms with Crippen LogP contribution in [-0.2, 0) is 11.0 Å². The molecule has 27 heavy (non-hydrogen) atoms. The lowest BCUT2D eigenvalue weighted by Gasteiger charge is -2.16. The zero-order valence-corrected chi connectivity index (χ0v) is 16.8. The Labute approximate surface area is 162 Å². The Kier molecular flexibility index (Phi) is 5.52. The van der Waals surface area contributed by atoms with Crippen LogP contribution in [0.1, 0.15) is 32.4 Å². The molecule has 0 amide bonds. The van der Waals surface area contributed by atoms with Crippen LogP contribution >= 0.6 is 0 Å². The van der Waals surface area contributed by atoms with Crippen LogP contribution in [-0.4, -0.2) is 21.6 Å². The van der Waals surface area contributed by atoms with Crippen molar-refractivity contribution in [2.75, 3.05) is 17.6 Å². The third-order valence-corrected chi connectivity index (χ3v) is 4.86. The summed E-state index contributed by atoms with van der Waals surface area (Å²) in [4.78, 5) is 0. The van der Waals surface area contributed by atoms with Gasteiger partial charge in [-0.2, -0.15) is 5.26 Å². The molecule has 1 N–H and O–H groups in total. The summed E-state index contributed by atoms with van der Waals surface area (Å²) in [7, 11) is -1.12. The van der Waals surface area contributed by atoms with E-state index in [1.54, 1.807) is 6.26 Å². The topological polar surface area (TPSA) is 67.0 Å². The summed E-state index contributed by atoms with van der Waals surface area (Å²) in [5, 5.41) is 10.8. The molecule has 0 aliphatic rings.